The van der Waals surface area contributed by atoms with Crippen LogP contribution in [0.4, 0.5) is 11.4 Å². The summed E-state index contributed by atoms with van der Waals surface area (Å²) in [5, 5.41) is 17.7. The molecule has 148 valence electrons. The lowest BCUT2D eigenvalue weighted by Crippen LogP contribution is -2.13. The Bertz CT molecular complexity index is 1240. The first-order chi connectivity index (χ1) is 14.5. The normalized spacial score (nSPS) is 10.6. The van der Waals surface area contributed by atoms with Gasteiger partial charge in [-0.1, -0.05) is 28.9 Å². The van der Waals surface area contributed by atoms with E-state index in [1.807, 2.05) is 0 Å². The molecule has 9 nitrogen and oxygen atoms in total. The first kappa shape index (κ1) is 19.2. The number of carbonyl (C=O) groups is 1. The van der Waals surface area contributed by atoms with Crippen LogP contribution in [-0.4, -0.2) is 26.0 Å². The second-order valence-electron chi connectivity index (χ2n) is 6.09. The fourth-order valence-electron chi connectivity index (χ4n) is 2.71. The molecular formula is C20H12ClN5O4. The van der Waals surface area contributed by atoms with Crippen molar-refractivity contribution in [1.29, 1.82) is 0 Å². The Kier molecular flexibility index (Phi) is 5.19. The number of halogens is 1. The van der Waals surface area contributed by atoms with Gasteiger partial charge < -0.3 is 9.84 Å². The maximum absolute atomic E-state index is 12.7. The second-order valence-corrected chi connectivity index (χ2v) is 6.49. The lowest BCUT2D eigenvalue weighted by Gasteiger charge is -2.09. The van der Waals surface area contributed by atoms with Crippen molar-refractivity contribution in [2.75, 3.05) is 5.32 Å². The van der Waals surface area contributed by atoms with Crippen LogP contribution in [0.5, 0.6) is 0 Å². The third-order valence-corrected chi connectivity index (χ3v) is 4.49. The maximum Gasteiger partial charge on any atom is 0.270 e. The molecule has 10 heteroatoms. The van der Waals surface area contributed by atoms with Gasteiger partial charge in [-0.2, -0.15) is 4.98 Å². The summed E-state index contributed by atoms with van der Waals surface area (Å²) in [6.07, 6.45) is 3.24. The van der Waals surface area contributed by atoms with Crippen molar-refractivity contribution >= 4 is 28.9 Å². The van der Waals surface area contributed by atoms with Crippen molar-refractivity contribution in [3.05, 3.63) is 87.7 Å². The Balaban J connectivity index is 1.65. The molecule has 0 unspecified atom stereocenters. The van der Waals surface area contributed by atoms with Gasteiger partial charge in [0, 0.05) is 30.1 Å². The molecule has 0 bridgehead atoms. The van der Waals surface area contributed by atoms with Gasteiger partial charge in [0.2, 0.25) is 5.82 Å². The number of carbonyl (C=O) groups excluding carboxylic acids is 1. The molecule has 0 saturated carbocycles. The summed E-state index contributed by atoms with van der Waals surface area (Å²) in [6, 6.07) is 14.0. The number of hydrogen-bond acceptors (Lipinski definition) is 7. The van der Waals surface area contributed by atoms with Gasteiger partial charge in [-0.25, -0.2) is 0 Å². The van der Waals surface area contributed by atoms with Crippen LogP contribution in [0.3, 0.4) is 0 Å². The van der Waals surface area contributed by atoms with Crippen molar-refractivity contribution in [3.63, 3.8) is 0 Å². The number of aromatic nitrogens is 3. The quantitative estimate of drug-likeness (QED) is 0.368. The third kappa shape index (κ3) is 3.87. The Labute approximate surface area is 174 Å². The fraction of sp³-hybridized carbons (Fsp3) is 0. The minimum absolute atomic E-state index is 0.0257. The van der Waals surface area contributed by atoms with Gasteiger partial charge in [0.1, 0.15) is 0 Å². The van der Waals surface area contributed by atoms with Gasteiger partial charge >= 0.3 is 0 Å². The summed E-state index contributed by atoms with van der Waals surface area (Å²) in [5.74, 6) is -0.0704. The average Bonchev–Trinajstić information content (AvgIpc) is 3.25. The minimum Gasteiger partial charge on any atom is -0.334 e. The highest BCUT2D eigenvalue weighted by molar-refractivity contribution is 6.34. The molecule has 30 heavy (non-hydrogen) atoms. The van der Waals surface area contributed by atoms with Gasteiger partial charge in [0.15, 0.2) is 0 Å². The van der Waals surface area contributed by atoms with Crippen molar-refractivity contribution in [3.8, 4) is 22.8 Å². The molecule has 0 aliphatic heterocycles. The smallest absolute Gasteiger partial charge is 0.270 e. The number of amides is 1. The number of benzene rings is 2. The molecular weight excluding hydrogens is 410 g/mol. The summed E-state index contributed by atoms with van der Waals surface area (Å²) in [6.45, 7) is 0. The molecule has 1 N–H and O–H groups in total. The number of hydrogen-bond donors (Lipinski definition) is 1. The lowest BCUT2D eigenvalue weighted by atomic mass is 10.1. The highest BCUT2D eigenvalue weighted by Gasteiger charge is 2.19. The summed E-state index contributed by atoms with van der Waals surface area (Å²) in [4.78, 5) is 31.5. The molecule has 2 aromatic carbocycles. The standard InChI is InChI=1S/C20H12ClN5O4/c21-16-8-7-13(26(28)29)10-15(16)19(27)23-17-6-2-1-5-14(17)20-24-18(25-30-20)12-4-3-9-22-11-12/h1-11H,(H,23,27). The molecule has 0 saturated heterocycles. The minimum atomic E-state index is -0.608. The Morgan fingerprint density at radius 2 is 1.97 bits per heavy atom. The number of nitro benzene ring substituents is 1. The van der Waals surface area contributed by atoms with Gasteiger partial charge in [-0.05, 0) is 30.3 Å². The molecule has 4 aromatic rings. The monoisotopic (exact) mass is 421 g/mol. The summed E-state index contributed by atoms with van der Waals surface area (Å²) >= 11 is 6.06. The highest BCUT2D eigenvalue weighted by Crippen LogP contribution is 2.30. The summed E-state index contributed by atoms with van der Waals surface area (Å²) < 4.78 is 5.35. The number of rotatable bonds is 5. The SMILES string of the molecule is O=C(Nc1ccccc1-c1nc(-c2cccnc2)no1)c1cc([N+](=O)[O-])ccc1Cl. The Hall–Kier alpha value is -4.11. The summed E-state index contributed by atoms with van der Waals surface area (Å²) in [7, 11) is 0. The van der Waals surface area contributed by atoms with Crippen LogP contribution in [-0.2, 0) is 0 Å². The van der Waals surface area contributed by atoms with Gasteiger partial charge in [-0.3, -0.25) is 19.9 Å². The number of para-hydroxylation sites is 1. The van der Waals surface area contributed by atoms with Crippen LogP contribution in [0.1, 0.15) is 10.4 Å². The molecule has 0 spiro atoms. The second kappa shape index (κ2) is 8.10. The van der Waals surface area contributed by atoms with E-state index in [9.17, 15) is 14.9 Å². The van der Waals surface area contributed by atoms with Crippen LogP contribution in [0, 0.1) is 10.1 Å². The number of nitrogens with zero attached hydrogens (tertiary/aromatic N) is 4. The molecule has 0 aliphatic rings. The van der Waals surface area contributed by atoms with Crippen LogP contribution >= 0.6 is 11.6 Å². The maximum atomic E-state index is 12.7. The fourth-order valence-corrected chi connectivity index (χ4v) is 2.92. The molecule has 0 fully saturated rings. The first-order valence-corrected chi connectivity index (χ1v) is 8.99. The number of nitrogens with one attached hydrogen (secondary N) is 1. The molecule has 0 radical (unpaired) electrons. The van der Waals surface area contributed by atoms with Gasteiger partial charge in [-0.15, -0.1) is 0 Å². The van der Waals surface area contributed by atoms with E-state index in [4.69, 9.17) is 16.1 Å². The highest BCUT2D eigenvalue weighted by atomic mass is 35.5. The molecule has 4 rings (SSSR count). The lowest BCUT2D eigenvalue weighted by molar-refractivity contribution is -0.384. The van der Waals surface area contributed by atoms with Crippen molar-refractivity contribution in [2.45, 2.75) is 0 Å². The average molecular weight is 422 g/mol. The van der Waals surface area contributed by atoms with E-state index >= 15 is 0 Å². The van der Waals surface area contributed by atoms with E-state index in [1.54, 1.807) is 48.8 Å². The number of anilines is 1. The molecule has 1 amide bonds. The predicted molar refractivity (Wildman–Crippen MR) is 109 cm³/mol. The van der Waals surface area contributed by atoms with Crippen LogP contribution in [0.2, 0.25) is 5.02 Å². The first-order valence-electron chi connectivity index (χ1n) is 8.62. The van der Waals surface area contributed by atoms with Crippen molar-refractivity contribution < 1.29 is 14.2 Å². The predicted octanol–water partition coefficient (Wildman–Crippen LogP) is 4.61. The zero-order chi connectivity index (χ0) is 21.1. The van der Waals surface area contributed by atoms with E-state index < -0.39 is 10.8 Å². The van der Waals surface area contributed by atoms with Gasteiger partial charge in [0.05, 0.1) is 26.8 Å². The van der Waals surface area contributed by atoms with E-state index in [0.29, 0.717) is 22.6 Å². The van der Waals surface area contributed by atoms with E-state index in [0.717, 1.165) is 6.07 Å². The molecule has 0 atom stereocenters. The van der Waals surface area contributed by atoms with E-state index in [1.165, 1.54) is 12.1 Å². The van der Waals surface area contributed by atoms with Gasteiger partial charge in [0.25, 0.3) is 17.5 Å². The largest absolute Gasteiger partial charge is 0.334 e. The van der Waals surface area contributed by atoms with E-state index in [-0.39, 0.29) is 22.2 Å². The Morgan fingerprint density at radius 3 is 2.73 bits per heavy atom. The Morgan fingerprint density at radius 1 is 1.13 bits per heavy atom. The van der Waals surface area contributed by atoms with Crippen LogP contribution in [0.25, 0.3) is 22.8 Å². The number of non-ortho nitro benzene ring substituents is 1. The summed E-state index contributed by atoms with van der Waals surface area (Å²) in [5.41, 5.74) is 1.27. The molecule has 2 aromatic heterocycles. The molecule has 0 aliphatic carbocycles. The van der Waals surface area contributed by atoms with Crippen molar-refractivity contribution in [1.82, 2.24) is 15.1 Å². The number of pyridine rings is 1. The zero-order valence-electron chi connectivity index (χ0n) is 15.2. The number of nitro groups is 1. The van der Waals surface area contributed by atoms with E-state index in [2.05, 4.69) is 20.4 Å². The molecule has 2 heterocycles. The zero-order valence-corrected chi connectivity index (χ0v) is 15.9. The van der Waals surface area contributed by atoms with Crippen LogP contribution < -0.4 is 5.32 Å². The third-order valence-electron chi connectivity index (χ3n) is 4.16. The van der Waals surface area contributed by atoms with Crippen LogP contribution in [0.15, 0.2) is 71.5 Å². The van der Waals surface area contributed by atoms with Crippen molar-refractivity contribution in [2.24, 2.45) is 0 Å². The topological polar surface area (TPSA) is 124 Å².